The van der Waals surface area contributed by atoms with Gasteiger partial charge in [0, 0.05) is 11.3 Å². The first-order chi connectivity index (χ1) is 13.4. The molecule has 0 aliphatic carbocycles. The summed E-state index contributed by atoms with van der Waals surface area (Å²) in [6, 6.07) is 11.0. The molecule has 0 aliphatic rings. The van der Waals surface area contributed by atoms with E-state index in [9.17, 15) is 4.79 Å². The van der Waals surface area contributed by atoms with Gasteiger partial charge >= 0.3 is 0 Å². The molecule has 3 aromatic rings. The number of rotatable bonds is 6. The van der Waals surface area contributed by atoms with E-state index in [-0.39, 0.29) is 5.91 Å². The summed E-state index contributed by atoms with van der Waals surface area (Å²) in [5, 5.41) is 6.86. The van der Waals surface area contributed by atoms with Gasteiger partial charge in [-0.2, -0.15) is 0 Å². The van der Waals surface area contributed by atoms with Gasteiger partial charge in [-0.3, -0.25) is 4.79 Å². The molecule has 6 nitrogen and oxygen atoms in total. The lowest BCUT2D eigenvalue weighted by molar-refractivity contribution is 0.102. The number of benzene rings is 2. The summed E-state index contributed by atoms with van der Waals surface area (Å²) in [5.41, 5.74) is 5.13. The number of anilines is 1. The first-order valence-electron chi connectivity index (χ1n) is 9.00. The molecule has 1 amide bonds. The van der Waals surface area contributed by atoms with Crippen molar-refractivity contribution in [1.29, 1.82) is 0 Å². The number of nitrogens with one attached hydrogen (secondary N) is 1. The molecule has 0 radical (unpaired) electrons. The molecule has 6 heteroatoms. The van der Waals surface area contributed by atoms with Gasteiger partial charge in [0.15, 0.2) is 11.5 Å². The van der Waals surface area contributed by atoms with Gasteiger partial charge in [-0.25, -0.2) is 0 Å². The molecule has 146 valence electrons. The number of ether oxygens (including phenoxy) is 2. The Bertz CT molecular complexity index is 988. The fraction of sp³-hybridized carbons (Fsp3) is 0.273. The van der Waals surface area contributed by atoms with Crippen molar-refractivity contribution in [2.75, 3.05) is 12.4 Å². The Morgan fingerprint density at radius 2 is 1.86 bits per heavy atom. The third-order valence-electron chi connectivity index (χ3n) is 4.61. The zero-order chi connectivity index (χ0) is 20.3. The third kappa shape index (κ3) is 4.17. The van der Waals surface area contributed by atoms with Crippen LogP contribution in [0.3, 0.4) is 0 Å². The van der Waals surface area contributed by atoms with Crippen LogP contribution < -0.4 is 14.8 Å². The molecule has 0 spiro atoms. The summed E-state index contributed by atoms with van der Waals surface area (Å²) in [7, 11) is 1.55. The Labute approximate surface area is 164 Å². The van der Waals surface area contributed by atoms with Crippen LogP contribution >= 0.6 is 0 Å². The number of carbonyl (C=O) groups is 1. The van der Waals surface area contributed by atoms with E-state index in [2.05, 4.69) is 10.5 Å². The van der Waals surface area contributed by atoms with Crippen LogP contribution in [0.4, 0.5) is 5.69 Å². The Balaban J connectivity index is 1.75. The summed E-state index contributed by atoms with van der Waals surface area (Å²) < 4.78 is 16.4. The van der Waals surface area contributed by atoms with E-state index in [4.69, 9.17) is 14.0 Å². The molecule has 0 aliphatic heterocycles. The normalized spacial score (nSPS) is 10.6. The van der Waals surface area contributed by atoms with E-state index in [0.717, 1.165) is 33.8 Å². The summed E-state index contributed by atoms with van der Waals surface area (Å²) in [6.07, 6.45) is 0. The fourth-order valence-corrected chi connectivity index (χ4v) is 2.93. The van der Waals surface area contributed by atoms with Gasteiger partial charge in [0.2, 0.25) is 0 Å². The molecule has 0 unspecified atom stereocenters. The minimum Gasteiger partial charge on any atom is -0.493 e. The first kappa shape index (κ1) is 19.5. The molecule has 0 fully saturated rings. The first-order valence-corrected chi connectivity index (χ1v) is 9.00. The second kappa shape index (κ2) is 8.17. The molecule has 0 atom stereocenters. The maximum atomic E-state index is 12.6. The van der Waals surface area contributed by atoms with Crippen LogP contribution in [-0.2, 0) is 6.61 Å². The van der Waals surface area contributed by atoms with E-state index in [0.29, 0.717) is 23.7 Å². The van der Waals surface area contributed by atoms with E-state index in [1.54, 1.807) is 25.3 Å². The van der Waals surface area contributed by atoms with Crippen molar-refractivity contribution in [3.8, 4) is 11.5 Å². The van der Waals surface area contributed by atoms with E-state index in [1.807, 2.05) is 45.9 Å². The van der Waals surface area contributed by atoms with Crippen LogP contribution in [-0.4, -0.2) is 18.2 Å². The van der Waals surface area contributed by atoms with E-state index < -0.39 is 0 Å². The number of amides is 1. The predicted octanol–water partition coefficient (Wildman–Crippen LogP) is 4.75. The van der Waals surface area contributed by atoms with Gasteiger partial charge in [0.05, 0.1) is 18.4 Å². The molecular formula is C22H24N2O4. The number of aryl methyl sites for hydroxylation is 4. The largest absolute Gasteiger partial charge is 0.493 e. The van der Waals surface area contributed by atoms with Crippen LogP contribution in [0.1, 0.15) is 38.5 Å². The van der Waals surface area contributed by atoms with Crippen molar-refractivity contribution in [3.05, 3.63) is 70.1 Å². The Kier molecular flexibility index (Phi) is 5.68. The molecule has 3 rings (SSSR count). The van der Waals surface area contributed by atoms with Crippen LogP contribution in [0.25, 0.3) is 0 Å². The average Bonchev–Trinajstić information content (AvgIpc) is 3.00. The lowest BCUT2D eigenvalue weighted by Crippen LogP contribution is -2.13. The maximum Gasteiger partial charge on any atom is 0.255 e. The quantitative estimate of drug-likeness (QED) is 0.668. The van der Waals surface area contributed by atoms with Crippen LogP contribution in [0.5, 0.6) is 11.5 Å². The molecule has 0 bridgehead atoms. The lowest BCUT2D eigenvalue weighted by Gasteiger charge is -2.13. The SMILES string of the molecule is COc1cc(C(=O)Nc2ccc(C)cc2C)ccc1OCc1c(C)noc1C. The van der Waals surface area contributed by atoms with Crippen molar-refractivity contribution in [2.45, 2.75) is 34.3 Å². The number of methoxy groups -OCH3 is 1. The second-order valence-corrected chi connectivity index (χ2v) is 6.73. The van der Waals surface area contributed by atoms with Gasteiger partial charge in [-0.15, -0.1) is 0 Å². The van der Waals surface area contributed by atoms with Crippen LogP contribution in [0.15, 0.2) is 40.9 Å². The topological polar surface area (TPSA) is 73.6 Å². The van der Waals surface area contributed by atoms with Gasteiger partial charge in [0.1, 0.15) is 12.4 Å². The Morgan fingerprint density at radius 3 is 2.50 bits per heavy atom. The molecule has 0 saturated heterocycles. The Morgan fingerprint density at radius 1 is 1.07 bits per heavy atom. The zero-order valence-electron chi connectivity index (χ0n) is 16.8. The molecule has 1 heterocycles. The Hall–Kier alpha value is -3.28. The number of hydrogen-bond acceptors (Lipinski definition) is 5. The highest BCUT2D eigenvalue weighted by molar-refractivity contribution is 6.05. The van der Waals surface area contributed by atoms with Crippen molar-refractivity contribution < 1.29 is 18.8 Å². The summed E-state index contributed by atoms with van der Waals surface area (Å²) in [4.78, 5) is 12.6. The highest BCUT2D eigenvalue weighted by Gasteiger charge is 2.15. The van der Waals surface area contributed by atoms with Crippen LogP contribution in [0, 0.1) is 27.7 Å². The van der Waals surface area contributed by atoms with Gasteiger partial charge in [-0.1, -0.05) is 22.9 Å². The molecule has 28 heavy (non-hydrogen) atoms. The summed E-state index contributed by atoms with van der Waals surface area (Å²) in [6.45, 7) is 8.01. The molecule has 0 saturated carbocycles. The maximum absolute atomic E-state index is 12.6. The number of carbonyl (C=O) groups excluding carboxylic acids is 1. The number of hydrogen-bond donors (Lipinski definition) is 1. The average molecular weight is 380 g/mol. The fourth-order valence-electron chi connectivity index (χ4n) is 2.93. The van der Waals surface area contributed by atoms with E-state index in [1.165, 1.54) is 0 Å². The van der Waals surface area contributed by atoms with Gasteiger partial charge in [0.25, 0.3) is 5.91 Å². The van der Waals surface area contributed by atoms with Crippen molar-refractivity contribution in [1.82, 2.24) is 5.16 Å². The van der Waals surface area contributed by atoms with Gasteiger partial charge in [-0.05, 0) is 57.5 Å². The molecule has 1 aromatic heterocycles. The number of aromatic nitrogens is 1. The summed E-state index contributed by atoms with van der Waals surface area (Å²) >= 11 is 0. The molecule has 1 N–H and O–H groups in total. The van der Waals surface area contributed by atoms with Crippen LogP contribution in [0.2, 0.25) is 0 Å². The second-order valence-electron chi connectivity index (χ2n) is 6.73. The van der Waals surface area contributed by atoms with E-state index >= 15 is 0 Å². The van der Waals surface area contributed by atoms with Gasteiger partial charge < -0.3 is 19.3 Å². The van der Waals surface area contributed by atoms with Crippen molar-refractivity contribution >= 4 is 11.6 Å². The number of nitrogens with zero attached hydrogens (tertiary/aromatic N) is 1. The highest BCUT2D eigenvalue weighted by Crippen LogP contribution is 2.30. The third-order valence-corrected chi connectivity index (χ3v) is 4.61. The zero-order valence-corrected chi connectivity index (χ0v) is 16.8. The standard InChI is InChI=1S/C22H24N2O4/c1-13-6-8-19(14(2)10-13)23-22(25)17-7-9-20(21(11-17)26-5)27-12-18-15(3)24-28-16(18)4/h6-11H,12H2,1-5H3,(H,23,25). The lowest BCUT2D eigenvalue weighted by atomic mass is 10.1. The predicted molar refractivity (Wildman–Crippen MR) is 107 cm³/mol. The smallest absolute Gasteiger partial charge is 0.255 e. The van der Waals surface area contributed by atoms with Crippen molar-refractivity contribution in [2.24, 2.45) is 0 Å². The summed E-state index contributed by atoms with van der Waals surface area (Å²) in [5.74, 6) is 1.55. The van der Waals surface area contributed by atoms with Crippen molar-refractivity contribution in [3.63, 3.8) is 0 Å². The highest BCUT2D eigenvalue weighted by atomic mass is 16.5. The molecule has 2 aromatic carbocycles. The molecular weight excluding hydrogens is 356 g/mol. The minimum atomic E-state index is -0.206. The monoisotopic (exact) mass is 380 g/mol. The minimum absolute atomic E-state index is 0.206.